The molecule has 20 heavy (non-hydrogen) atoms. The van der Waals surface area contributed by atoms with Gasteiger partial charge in [-0.15, -0.1) is 11.3 Å². The fourth-order valence-corrected chi connectivity index (χ4v) is 3.09. The van der Waals surface area contributed by atoms with Gasteiger partial charge in [-0.3, -0.25) is 0 Å². The highest BCUT2D eigenvalue weighted by atomic mass is 32.1. The molecule has 110 valence electrons. The predicted octanol–water partition coefficient (Wildman–Crippen LogP) is 3.07. The third-order valence-corrected chi connectivity index (χ3v) is 4.17. The fourth-order valence-electron chi connectivity index (χ4n) is 2.31. The summed E-state index contributed by atoms with van der Waals surface area (Å²) in [6.07, 6.45) is 4.80. The maximum atomic E-state index is 4.43. The number of hydrogen-bond acceptors (Lipinski definition) is 4. The second kappa shape index (κ2) is 7.55. The lowest BCUT2D eigenvalue weighted by Crippen LogP contribution is -2.34. The standard InChI is InChI=1S/C15H24N4S/c1-4-7-16-13(9-14-6-5-8-20-14)10-15-17-11-18-19(15)12(2)3/h5-6,8,11-13,16H,4,7,9-10H2,1-3H3. The van der Waals surface area contributed by atoms with Gasteiger partial charge >= 0.3 is 0 Å². The Labute approximate surface area is 125 Å². The van der Waals surface area contributed by atoms with Crippen LogP contribution in [0.5, 0.6) is 0 Å². The third kappa shape index (κ3) is 4.15. The number of hydrogen-bond donors (Lipinski definition) is 1. The number of rotatable bonds is 8. The highest BCUT2D eigenvalue weighted by Crippen LogP contribution is 2.14. The average Bonchev–Trinajstić information content (AvgIpc) is 3.07. The van der Waals surface area contributed by atoms with Crippen molar-refractivity contribution in [1.82, 2.24) is 20.1 Å². The zero-order valence-electron chi connectivity index (χ0n) is 12.5. The van der Waals surface area contributed by atoms with Crippen molar-refractivity contribution in [3.8, 4) is 0 Å². The second-order valence-electron chi connectivity index (χ2n) is 5.35. The summed E-state index contributed by atoms with van der Waals surface area (Å²) < 4.78 is 2.02. The zero-order chi connectivity index (χ0) is 14.4. The molecule has 0 radical (unpaired) electrons. The summed E-state index contributed by atoms with van der Waals surface area (Å²) in [4.78, 5) is 5.86. The predicted molar refractivity (Wildman–Crippen MR) is 84.2 cm³/mol. The summed E-state index contributed by atoms with van der Waals surface area (Å²) in [5.41, 5.74) is 0. The van der Waals surface area contributed by atoms with Gasteiger partial charge in [0.1, 0.15) is 12.2 Å². The minimum atomic E-state index is 0.362. The van der Waals surface area contributed by atoms with E-state index in [1.165, 1.54) is 4.88 Å². The minimum absolute atomic E-state index is 0.362. The van der Waals surface area contributed by atoms with E-state index in [2.05, 4.69) is 53.7 Å². The van der Waals surface area contributed by atoms with Crippen LogP contribution in [0.1, 0.15) is 43.9 Å². The molecule has 0 fully saturated rings. The first kappa shape index (κ1) is 15.2. The number of nitrogens with one attached hydrogen (secondary N) is 1. The van der Waals surface area contributed by atoms with Crippen molar-refractivity contribution in [1.29, 1.82) is 0 Å². The van der Waals surface area contributed by atoms with Crippen LogP contribution in [0.25, 0.3) is 0 Å². The third-order valence-electron chi connectivity index (χ3n) is 3.28. The molecular weight excluding hydrogens is 268 g/mol. The molecular formula is C15H24N4S. The van der Waals surface area contributed by atoms with Gasteiger partial charge in [-0.05, 0) is 44.7 Å². The largest absolute Gasteiger partial charge is 0.313 e. The van der Waals surface area contributed by atoms with E-state index >= 15 is 0 Å². The van der Waals surface area contributed by atoms with Crippen molar-refractivity contribution >= 4 is 11.3 Å². The van der Waals surface area contributed by atoms with Crippen LogP contribution in [0.4, 0.5) is 0 Å². The van der Waals surface area contributed by atoms with Crippen molar-refractivity contribution in [2.45, 2.75) is 52.1 Å². The van der Waals surface area contributed by atoms with Crippen molar-refractivity contribution in [2.24, 2.45) is 0 Å². The Bertz CT molecular complexity index is 490. The molecule has 2 aromatic heterocycles. The van der Waals surface area contributed by atoms with Gasteiger partial charge in [-0.25, -0.2) is 9.67 Å². The average molecular weight is 292 g/mol. The SMILES string of the molecule is CCCNC(Cc1cccs1)Cc1ncnn1C(C)C. The van der Waals surface area contributed by atoms with Crippen LogP contribution in [-0.2, 0) is 12.8 Å². The molecule has 2 rings (SSSR count). The van der Waals surface area contributed by atoms with Crippen LogP contribution in [-0.4, -0.2) is 27.4 Å². The van der Waals surface area contributed by atoms with Crippen LogP contribution < -0.4 is 5.32 Å². The van der Waals surface area contributed by atoms with Crippen LogP contribution in [0, 0.1) is 0 Å². The summed E-state index contributed by atoms with van der Waals surface area (Å²) in [6.45, 7) is 7.54. The lowest BCUT2D eigenvalue weighted by atomic mass is 10.1. The topological polar surface area (TPSA) is 42.7 Å². The number of aromatic nitrogens is 3. The van der Waals surface area contributed by atoms with Crippen molar-refractivity contribution in [3.63, 3.8) is 0 Å². The van der Waals surface area contributed by atoms with Gasteiger partial charge in [-0.1, -0.05) is 13.0 Å². The van der Waals surface area contributed by atoms with E-state index in [0.29, 0.717) is 12.1 Å². The maximum absolute atomic E-state index is 4.43. The first-order valence-corrected chi connectivity index (χ1v) is 8.22. The zero-order valence-corrected chi connectivity index (χ0v) is 13.4. The summed E-state index contributed by atoms with van der Waals surface area (Å²) >= 11 is 1.82. The lowest BCUT2D eigenvalue weighted by molar-refractivity contribution is 0.454. The monoisotopic (exact) mass is 292 g/mol. The molecule has 2 aromatic rings. The van der Waals surface area contributed by atoms with Crippen LogP contribution in [0.2, 0.25) is 0 Å². The normalized spacial score (nSPS) is 13.0. The molecule has 0 saturated heterocycles. The molecule has 0 saturated carbocycles. The van der Waals surface area contributed by atoms with Gasteiger partial charge in [0.05, 0.1) is 0 Å². The fraction of sp³-hybridized carbons (Fsp3) is 0.600. The summed E-state index contributed by atoms with van der Waals surface area (Å²) in [7, 11) is 0. The first-order chi connectivity index (χ1) is 9.70. The van der Waals surface area contributed by atoms with E-state index in [1.807, 2.05) is 16.0 Å². The Balaban J connectivity index is 2.04. The van der Waals surface area contributed by atoms with Gasteiger partial charge in [0.15, 0.2) is 0 Å². The number of thiophene rings is 1. The molecule has 0 aliphatic carbocycles. The van der Waals surface area contributed by atoms with Gasteiger partial charge < -0.3 is 5.32 Å². The smallest absolute Gasteiger partial charge is 0.138 e. The molecule has 2 heterocycles. The first-order valence-electron chi connectivity index (χ1n) is 7.34. The summed E-state index contributed by atoms with van der Waals surface area (Å²) in [5.74, 6) is 1.07. The highest BCUT2D eigenvalue weighted by molar-refractivity contribution is 7.09. The van der Waals surface area contributed by atoms with Gasteiger partial charge in [0, 0.05) is 23.4 Å². The van der Waals surface area contributed by atoms with Gasteiger partial charge in [0.2, 0.25) is 0 Å². The molecule has 0 amide bonds. The van der Waals surface area contributed by atoms with Gasteiger partial charge in [-0.2, -0.15) is 5.10 Å². The van der Waals surface area contributed by atoms with E-state index in [9.17, 15) is 0 Å². The second-order valence-corrected chi connectivity index (χ2v) is 6.39. The van der Waals surface area contributed by atoms with E-state index in [-0.39, 0.29) is 0 Å². The molecule has 0 aliphatic heterocycles. The molecule has 4 nitrogen and oxygen atoms in total. The lowest BCUT2D eigenvalue weighted by Gasteiger charge is -2.18. The van der Waals surface area contributed by atoms with Crippen molar-refractivity contribution in [3.05, 3.63) is 34.5 Å². The Kier molecular flexibility index (Phi) is 5.73. The highest BCUT2D eigenvalue weighted by Gasteiger charge is 2.15. The molecule has 1 atom stereocenters. The van der Waals surface area contributed by atoms with Crippen LogP contribution in [0.3, 0.4) is 0 Å². The molecule has 0 aromatic carbocycles. The van der Waals surface area contributed by atoms with Gasteiger partial charge in [0.25, 0.3) is 0 Å². The van der Waals surface area contributed by atoms with E-state index in [4.69, 9.17) is 0 Å². The minimum Gasteiger partial charge on any atom is -0.313 e. The summed E-state index contributed by atoms with van der Waals surface area (Å²) in [5, 5.41) is 10.1. The Morgan fingerprint density at radius 3 is 2.85 bits per heavy atom. The summed E-state index contributed by atoms with van der Waals surface area (Å²) in [6, 6.07) is 5.11. The van der Waals surface area contributed by atoms with Crippen LogP contribution >= 0.6 is 11.3 Å². The van der Waals surface area contributed by atoms with E-state index in [0.717, 1.165) is 31.6 Å². The van der Waals surface area contributed by atoms with Crippen molar-refractivity contribution < 1.29 is 0 Å². The van der Waals surface area contributed by atoms with E-state index < -0.39 is 0 Å². The quantitative estimate of drug-likeness (QED) is 0.813. The van der Waals surface area contributed by atoms with E-state index in [1.54, 1.807) is 6.33 Å². The molecule has 0 spiro atoms. The Hall–Kier alpha value is -1.20. The van der Waals surface area contributed by atoms with Crippen LogP contribution in [0.15, 0.2) is 23.8 Å². The molecule has 1 unspecified atom stereocenters. The molecule has 5 heteroatoms. The van der Waals surface area contributed by atoms with Crippen molar-refractivity contribution in [2.75, 3.05) is 6.54 Å². The maximum Gasteiger partial charge on any atom is 0.138 e. The molecule has 1 N–H and O–H groups in total. The molecule has 0 aliphatic rings. The molecule has 0 bridgehead atoms. The number of nitrogens with zero attached hydrogens (tertiary/aromatic N) is 3. The Morgan fingerprint density at radius 2 is 2.20 bits per heavy atom. The Morgan fingerprint density at radius 1 is 1.35 bits per heavy atom.